The smallest absolute Gasteiger partial charge is 0.338 e. The third-order valence-corrected chi connectivity index (χ3v) is 7.31. The molecule has 1 saturated heterocycles. The molecule has 4 rings (SSSR count). The second-order valence-electron chi connectivity index (χ2n) is 9.00. The number of carbonyl (C=O) groups is 3. The van der Waals surface area contributed by atoms with Crippen molar-refractivity contribution in [2.75, 3.05) is 6.61 Å². The Labute approximate surface area is 219 Å². The SMILES string of the molecule is Cc1ccc(C(=O)OC[C@H]2SC(O)[C@@H](OC(=O)c3ccc(C)cc3)[C@@H]2OC(=O)c2ccc(C)cc2)cc1. The molecule has 0 radical (unpaired) electrons. The predicted octanol–water partition coefficient (Wildman–Crippen LogP) is 4.65. The molecule has 0 aliphatic carbocycles. The molecule has 0 aromatic heterocycles. The van der Waals surface area contributed by atoms with Crippen molar-refractivity contribution >= 4 is 29.7 Å². The van der Waals surface area contributed by atoms with Gasteiger partial charge in [0.25, 0.3) is 0 Å². The van der Waals surface area contributed by atoms with Crippen LogP contribution in [-0.4, -0.2) is 52.5 Å². The third-order valence-electron chi connectivity index (χ3n) is 6.01. The highest BCUT2D eigenvalue weighted by Gasteiger charge is 2.49. The largest absolute Gasteiger partial charge is 0.461 e. The lowest BCUT2D eigenvalue weighted by Crippen LogP contribution is -2.41. The van der Waals surface area contributed by atoms with Crippen LogP contribution < -0.4 is 0 Å². The van der Waals surface area contributed by atoms with Crippen LogP contribution in [0.15, 0.2) is 72.8 Å². The van der Waals surface area contributed by atoms with E-state index in [1.165, 1.54) is 0 Å². The first kappa shape index (κ1) is 26.4. The Morgan fingerprint density at radius 2 is 1.03 bits per heavy atom. The fourth-order valence-electron chi connectivity index (χ4n) is 3.80. The zero-order valence-electron chi connectivity index (χ0n) is 20.7. The van der Waals surface area contributed by atoms with E-state index in [1.807, 2.05) is 20.8 Å². The summed E-state index contributed by atoms with van der Waals surface area (Å²) in [4.78, 5) is 38.3. The summed E-state index contributed by atoms with van der Waals surface area (Å²) < 4.78 is 16.9. The number of aliphatic hydroxyl groups excluding tert-OH is 1. The number of aliphatic hydroxyl groups is 1. The summed E-state index contributed by atoms with van der Waals surface area (Å²) in [6.07, 6.45) is -2.20. The molecule has 1 aliphatic heterocycles. The van der Waals surface area contributed by atoms with E-state index in [1.54, 1.807) is 72.8 Å². The molecule has 192 valence electrons. The fraction of sp³-hybridized carbons (Fsp3) is 0.276. The Hall–Kier alpha value is -3.62. The van der Waals surface area contributed by atoms with Gasteiger partial charge in [0.1, 0.15) is 12.0 Å². The number of hydrogen-bond donors (Lipinski definition) is 1. The molecular formula is C29H28O7S. The van der Waals surface area contributed by atoms with Gasteiger partial charge in [0.05, 0.1) is 21.9 Å². The van der Waals surface area contributed by atoms with Crippen LogP contribution in [0.3, 0.4) is 0 Å². The summed E-state index contributed by atoms with van der Waals surface area (Å²) >= 11 is 1.02. The summed E-state index contributed by atoms with van der Waals surface area (Å²) in [5.74, 6) is -1.83. The first-order valence-corrected chi connectivity index (χ1v) is 12.8. The lowest BCUT2D eigenvalue weighted by Gasteiger charge is -2.24. The van der Waals surface area contributed by atoms with Crippen molar-refractivity contribution in [1.29, 1.82) is 0 Å². The predicted molar refractivity (Wildman–Crippen MR) is 140 cm³/mol. The molecule has 1 N–H and O–H groups in total. The lowest BCUT2D eigenvalue weighted by atomic mass is 10.1. The highest BCUT2D eigenvalue weighted by atomic mass is 32.2. The van der Waals surface area contributed by atoms with Crippen molar-refractivity contribution in [2.45, 2.75) is 43.7 Å². The average molecular weight is 521 g/mol. The van der Waals surface area contributed by atoms with E-state index >= 15 is 0 Å². The maximum absolute atomic E-state index is 12.9. The molecule has 1 heterocycles. The van der Waals surface area contributed by atoms with Gasteiger partial charge in [-0.3, -0.25) is 0 Å². The van der Waals surface area contributed by atoms with Crippen LogP contribution in [0.2, 0.25) is 0 Å². The maximum atomic E-state index is 12.9. The van der Waals surface area contributed by atoms with Crippen molar-refractivity contribution in [2.24, 2.45) is 0 Å². The van der Waals surface area contributed by atoms with E-state index in [4.69, 9.17) is 14.2 Å². The Morgan fingerprint density at radius 1 is 0.649 bits per heavy atom. The van der Waals surface area contributed by atoms with Crippen LogP contribution in [0.4, 0.5) is 0 Å². The first-order chi connectivity index (χ1) is 17.7. The monoisotopic (exact) mass is 520 g/mol. The van der Waals surface area contributed by atoms with Crippen LogP contribution in [0, 0.1) is 20.8 Å². The van der Waals surface area contributed by atoms with E-state index in [0.29, 0.717) is 16.7 Å². The molecule has 0 spiro atoms. The van der Waals surface area contributed by atoms with Gasteiger partial charge in [0.15, 0.2) is 12.2 Å². The van der Waals surface area contributed by atoms with E-state index in [0.717, 1.165) is 28.5 Å². The van der Waals surface area contributed by atoms with Crippen LogP contribution in [-0.2, 0) is 14.2 Å². The van der Waals surface area contributed by atoms with Crippen LogP contribution >= 0.6 is 11.8 Å². The number of hydrogen-bond acceptors (Lipinski definition) is 8. The van der Waals surface area contributed by atoms with Gasteiger partial charge in [0, 0.05) is 0 Å². The number of esters is 3. The highest BCUT2D eigenvalue weighted by Crippen LogP contribution is 2.38. The number of benzene rings is 3. The second kappa shape index (κ2) is 11.6. The summed E-state index contributed by atoms with van der Waals surface area (Å²) in [7, 11) is 0. The molecule has 1 aliphatic rings. The van der Waals surface area contributed by atoms with Crippen molar-refractivity contribution < 1.29 is 33.7 Å². The fourth-order valence-corrected chi connectivity index (χ4v) is 5.04. The van der Waals surface area contributed by atoms with Crippen molar-refractivity contribution in [3.05, 3.63) is 106 Å². The van der Waals surface area contributed by atoms with Gasteiger partial charge in [-0.25, -0.2) is 14.4 Å². The molecule has 0 bridgehead atoms. The molecule has 3 aromatic rings. The molecule has 0 amide bonds. The van der Waals surface area contributed by atoms with Gasteiger partial charge in [-0.05, 0) is 57.2 Å². The number of aryl methyl sites for hydroxylation is 3. The summed E-state index contributed by atoms with van der Waals surface area (Å²) in [5, 5.41) is 10.1. The minimum absolute atomic E-state index is 0.154. The zero-order chi connectivity index (χ0) is 26.5. The topological polar surface area (TPSA) is 99.1 Å². The van der Waals surface area contributed by atoms with Crippen molar-refractivity contribution in [1.82, 2.24) is 0 Å². The Kier molecular flexibility index (Phi) is 8.31. The van der Waals surface area contributed by atoms with E-state index in [2.05, 4.69) is 0 Å². The number of rotatable bonds is 7. The van der Waals surface area contributed by atoms with E-state index < -0.39 is 40.8 Å². The highest BCUT2D eigenvalue weighted by molar-refractivity contribution is 8.00. The summed E-state index contributed by atoms with van der Waals surface area (Å²) in [6.45, 7) is 5.56. The van der Waals surface area contributed by atoms with Gasteiger partial charge < -0.3 is 19.3 Å². The Balaban J connectivity index is 1.52. The zero-order valence-corrected chi connectivity index (χ0v) is 21.6. The van der Waals surface area contributed by atoms with Gasteiger partial charge in [-0.15, -0.1) is 11.8 Å². The second-order valence-corrected chi connectivity index (χ2v) is 10.4. The molecule has 0 saturated carbocycles. The summed E-state index contributed by atoms with van der Waals surface area (Å²) in [5.41, 5.74) is 2.78. The Bertz CT molecular complexity index is 1250. The van der Waals surface area contributed by atoms with Gasteiger partial charge in [-0.1, -0.05) is 53.1 Å². The molecule has 1 fully saturated rings. The standard InChI is InChI=1S/C29H28O7S/c1-17-4-10-20(11-5-17)26(30)34-16-23-24(35-27(31)21-12-6-18(2)7-13-21)25(29(33)37-23)36-28(32)22-14-8-19(3)9-15-22/h4-15,23-25,29,33H,16H2,1-3H3/t23-,24-,25+,29?/m1/s1. The first-order valence-electron chi connectivity index (χ1n) is 11.8. The minimum atomic E-state index is -1.19. The normalized spacial score (nSPS) is 20.8. The van der Waals surface area contributed by atoms with Gasteiger partial charge in [-0.2, -0.15) is 0 Å². The molecular weight excluding hydrogens is 492 g/mol. The number of thioether (sulfide) groups is 1. The summed E-state index contributed by atoms with van der Waals surface area (Å²) in [6, 6.07) is 20.6. The molecule has 4 atom stereocenters. The lowest BCUT2D eigenvalue weighted by molar-refractivity contribution is -0.0557. The maximum Gasteiger partial charge on any atom is 0.338 e. The van der Waals surface area contributed by atoms with Crippen LogP contribution in [0.1, 0.15) is 47.8 Å². The molecule has 8 heteroatoms. The average Bonchev–Trinajstić information content (AvgIpc) is 3.17. The number of ether oxygens (including phenoxy) is 3. The molecule has 1 unspecified atom stereocenters. The van der Waals surface area contributed by atoms with Crippen molar-refractivity contribution in [3.63, 3.8) is 0 Å². The van der Waals surface area contributed by atoms with Gasteiger partial charge >= 0.3 is 17.9 Å². The molecule has 3 aromatic carbocycles. The number of carbonyl (C=O) groups excluding carboxylic acids is 3. The third kappa shape index (κ3) is 6.58. The minimum Gasteiger partial charge on any atom is -0.461 e. The Morgan fingerprint density at radius 3 is 1.46 bits per heavy atom. The van der Waals surface area contributed by atoms with Crippen LogP contribution in [0.5, 0.6) is 0 Å². The van der Waals surface area contributed by atoms with E-state index in [-0.39, 0.29) is 6.61 Å². The van der Waals surface area contributed by atoms with Crippen molar-refractivity contribution in [3.8, 4) is 0 Å². The molecule has 7 nitrogen and oxygen atoms in total. The quantitative estimate of drug-likeness (QED) is 0.355. The molecule has 37 heavy (non-hydrogen) atoms. The van der Waals surface area contributed by atoms with Gasteiger partial charge in [0.2, 0.25) is 0 Å². The van der Waals surface area contributed by atoms with E-state index in [9.17, 15) is 19.5 Å². The van der Waals surface area contributed by atoms with Crippen LogP contribution in [0.25, 0.3) is 0 Å².